The lowest BCUT2D eigenvalue weighted by molar-refractivity contribution is 0.962. The van der Waals surface area contributed by atoms with E-state index in [0.29, 0.717) is 19.0 Å². The van der Waals surface area contributed by atoms with E-state index in [9.17, 15) is 0 Å². The maximum absolute atomic E-state index is 5.62. The Morgan fingerprint density at radius 2 is 2.38 bits per heavy atom. The van der Waals surface area contributed by atoms with Gasteiger partial charge in [-0.25, -0.2) is 4.99 Å². The van der Waals surface area contributed by atoms with Gasteiger partial charge in [-0.1, -0.05) is 12.1 Å². The van der Waals surface area contributed by atoms with E-state index in [1.165, 1.54) is 0 Å². The van der Waals surface area contributed by atoms with Crippen LogP contribution in [0.4, 0.5) is 0 Å². The lowest BCUT2D eigenvalue weighted by Crippen LogP contribution is -2.31. The number of rotatable bonds is 4. The maximum Gasteiger partial charge on any atom is 0.189 e. The minimum absolute atomic E-state index is 0. The lowest BCUT2D eigenvalue weighted by Gasteiger charge is -2.02. The van der Waals surface area contributed by atoms with Crippen molar-refractivity contribution in [3.05, 3.63) is 42.2 Å². The summed E-state index contributed by atoms with van der Waals surface area (Å²) in [7, 11) is 0. The fraction of sp³-hybridized carbons (Fsp3) is 0.273. The number of guanidine groups is 1. The molecule has 4 nitrogen and oxygen atoms in total. The minimum Gasteiger partial charge on any atom is -0.370 e. The van der Waals surface area contributed by atoms with Crippen LogP contribution in [0.25, 0.3) is 0 Å². The average molecular weight is 332 g/mol. The van der Waals surface area contributed by atoms with Gasteiger partial charge in [0.1, 0.15) is 0 Å². The number of aliphatic imine (C=N–C) groups is 1. The smallest absolute Gasteiger partial charge is 0.189 e. The lowest BCUT2D eigenvalue weighted by atomic mass is 10.2. The molecule has 0 atom stereocenters. The fourth-order valence-electron chi connectivity index (χ4n) is 1.11. The summed E-state index contributed by atoms with van der Waals surface area (Å²) >= 11 is 0. The largest absolute Gasteiger partial charge is 0.370 e. The third-order valence-corrected chi connectivity index (χ3v) is 1.79. The molecule has 0 spiro atoms. The predicted molar refractivity (Wildman–Crippen MR) is 77.9 cm³/mol. The van der Waals surface area contributed by atoms with Gasteiger partial charge in [0.05, 0.1) is 6.54 Å². The summed E-state index contributed by atoms with van der Waals surface area (Å²) < 4.78 is 0. The highest BCUT2D eigenvalue weighted by molar-refractivity contribution is 14.0. The molecule has 0 saturated heterocycles. The topological polar surface area (TPSA) is 63.3 Å². The number of aromatic nitrogens is 1. The van der Waals surface area contributed by atoms with Gasteiger partial charge in [-0.15, -0.1) is 30.6 Å². The van der Waals surface area contributed by atoms with Crippen molar-refractivity contribution in [3.63, 3.8) is 0 Å². The Bertz CT molecular complexity index is 363. The molecule has 0 unspecified atom stereocenters. The van der Waals surface area contributed by atoms with Crippen molar-refractivity contribution in [3.8, 4) is 0 Å². The monoisotopic (exact) mass is 332 g/mol. The molecule has 0 aliphatic rings. The number of pyridine rings is 1. The Kier molecular flexibility index (Phi) is 7.53. The second kappa shape index (κ2) is 8.09. The average Bonchev–Trinajstić information content (AvgIpc) is 2.23. The van der Waals surface area contributed by atoms with Gasteiger partial charge in [-0.2, -0.15) is 0 Å². The normalized spacial score (nSPS) is 10.4. The van der Waals surface area contributed by atoms with Crippen LogP contribution >= 0.6 is 24.0 Å². The number of hydrogen-bond acceptors (Lipinski definition) is 2. The van der Waals surface area contributed by atoms with Crippen LogP contribution in [0, 0.1) is 6.92 Å². The van der Waals surface area contributed by atoms with E-state index in [4.69, 9.17) is 5.73 Å². The highest BCUT2D eigenvalue weighted by Crippen LogP contribution is 2.02. The molecular weight excluding hydrogens is 315 g/mol. The highest BCUT2D eigenvalue weighted by atomic mass is 127. The van der Waals surface area contributed by atoms with Crippen LogP contribution in [0.1, 0.15) is 11.1 Å². The molecule has 5 heteroatoms. The molecule has 3 N–H and O–H groups in total. The standard InChI is InChI=1S/C11H16N4.HI/c1-3-4-14-11(12)15-8-10-5-9(2)6-13-7-10;/h3,5-7H,1,4,8H2,2H3,(H3,12,14,15);1H. The first kappa shape index (κ1) is 14.9. The van der Waals surface area contributed by atoms with Crippen LogP contribution in [0.2, 0.25) is 0 Å². The van der Waals surface area contributed by atoms with Crippen molar-refractivity contribution in [2.45, 2.75) is 13.5 Å². The van der Waals surface area contributed by atoms with Gasteiger partial charge < -0.3 is 11.1 Å². The van der Waals surface area contributed by atoms with E-state index < -0.39 is 0 Å². The summed E-state index contributed by atoms with van der Waals surface area (Å²) in [5.41, 5.74) is 7.80. The minimum atomic E-state index is 0. The Morgan fingerprint density at radius 3 is 3.00 bits per heavy atom. The summed E-state index contributed by atoms with van der Waals surface area (Å²) in [5.74, 6) is 0.427. The van der Waals surface area contributed by atoms with Crippen LogP contribution in [-0.4, -0.2) is 17.5 Å². The number of nitrogens with zero attached hydrogens (tertiary/aromatic N) is 2. The number of aryl methyl sites for hydroxylation is 1. The van der Waals surface area contributed by atoms with E-state index >= 15 is 0 Å². The first-order chi connectivity index (χ1) is 7.22. The number of nitrogens with one attached hydrogen (secondary N) is 1. The summed E-state index contributed by atoms with van der Waals surface area (Å²) in [5, 5.41) is 2.91. The van der Waals surface area contributed by atoms with Crippen molar-refractivity contribution in [1.29, 1.82) is 0 Å². The number of halogens is 1. The molecule has 1 rings (SSSR count). The SMILES string of the molecule is C=CCNC(N)=NCc1cncc(C)c1.I. The zero-order valence-corrected chi connectivity index (χ0v) is 11.6. The molecular formula is C11H17IN4. The van der Waals surface area contributed by atoms with Gasteiger partial charge in [-0.3, -0.25) is 4.98 Å². The summed E-state index contributed by atoms with van der Waals surface area (Å²) in [6.07, 6.45) is 5.33. The zero-order chi connectivity index (χ0) is 11.1. The van der Waals surface area contributed by atoms with Crippen LogP contribution in [0.3, 0.4) is 0 Å². The Balaban J connectivity index is 0.00000225. The van der Waals surface area contributed by atoms with Gasteiger partial charge in [0.2, 0.25) is 0 Å². The quantitative estimate of drug-likeness (QED) is 0.381. The Morgan fingerprint density at radius 1 is 1.62 bits per heavy atom. The van der Waals surface area contributed by atoms with Crippen molar-refractivity contribution >= 4 is 29.9 Å². The molecule has 0 amide bonds. The predicted octanol–water partition coefficient (Wildman–Crippen LogP) is 1.60. The van der Waals surface area contributed by atoms with Crippen molar-refractivity contribution in [2.75, 3.05) is 6.54 Å². The molecule has 1 aromatic rings. The van der Waals surface area contributed by atoms with E-state index in [2.05, 4.69) is 21.9 Å². The summed E-state index contributed by atoms with van der Waals surface area (Å²) in [4.78, 5) is 8.25. The van der Waals surface area contributed by atoms with E-state index in [0.717, 1.165) is 11.1 Å². The fourth-order valence-corrected chi connectivity index (χ4v) is 1.11. The van der Waals surface area contributed by atoms with E-state index in [1.54, 1.807) is 12.3 Å². The molecule has 0 fully saturated rings. The zero-order valence-electron chi connectivity index (χ0n) is 9.31. The third-order valence-electron chi connectivity index (χ3n) is 1.79. The summed E-state index contributed by atoms with van der Waals surface area (Å²) in [6.45, 7) is 6.75. The molecule has 0 aliphatic carbocycles. The first-order valence-electron chi connectivity index (χ1n) is 4.77. The maximum atomic E-state index is 5.62. The van der Waals surface area contributed by atoms with Crippen LogP contribution in [0.5, 0.6) is 0 Å². The van der Waals surface area contributed by atoms with Gasteiger partial charge >= 0.3 is 0 Å². The molecule has 0 aliphatic heterocycles. The molecule has 0 aromatic carbocycles. The van der Waals surface area contributed by atoms with Crippen LogP contribution in [0.15, 0.2) is 36.1 Å². The molecule has 0 bridgehead atoms. The molecule has 0 saturated carbocycles. The molecule has 0 radical (unpaired) electrons. The number of hydrogen-bond donors (Lipinski definition) is 2. The van der Waals surface area contributed by atoms with Crippen molar-refractivity contribution < 1.29 is 0 Å². The van der Waals surface area contributed by atoms with Crippen molar-refractivity contribution in [1.82, 2.24) is 10.3 Å². The second-order valence-corrected chi connectivity index (χ2v) is 3.24. The molecule has 16 heavy (non-hydrogen) atoms. The van der Waals surface area contributed by atoms with Gasteiger partial charge in [0.25, 0.3) is 0 Å². The highest BCUT2D eigenvalue weighted by Gasteiger charge is 1.93. The molecule has 88 valence electrons. The van der Waals surface area contributed by atoms with Gasteiger partial charge in [0, 0.05) is 18.9 Å². The second-order valence-electron chi connectivity index (χ2n) is 3.24. The molecule has 1 aromatic heterocycles. The molecule has 1 heterocycles. The Hall–Kier alpha value is -1.11. The number of nitrogens with two attached hydrogens (primary N) is 1. The van der Waals surface area contributed by atoms with Crippen LogP contribution < -0.4 is 11.1 Å². The first-order valence-corrected chi connectivity index (χ1v) is 4.77. The van der Waals surface area contributed by atoms with Gasteiger partial charge in [-0.05, 0) is 18.1 Å². The van der Waals surface area contributed by atoms with Gasteiger partial charge in [0.15, 0.2) is 5.96 Å². The Labute approximate surface area is 113 Å². The van der Waals surface area contributed by atoms with E-state index in [1.807, 2.05) is 19.2 Å². The van der Waals surface area contributed by atoms with Crippen molar-refractivity contribution in [2.24, 2.45) is 10.7 Å². The third kappa shape index (κ3) is 5.69. The van der Waals surface area contributed by atoms with E-state index in [-0.39, 0.29) is 24.0 Å². The van der Waals surface area contributed by atoms with Crippen LogP contribution in [-0.2, 0) is 6.54 Å². The summed E-state index contributed by atoms with van der Waals surface area (Å²) in [6, 6.07) is 2.04.